The molecule has 3 aromatic rings. The molecule has 1 aliphatic rings. The Hall–Kier alpha value is -2.65. The molecule has 0 bridgehead atoms. The number of rotatable bonds is 4. The summed E-state index contributed by atoms with van der Waals surface area (Å²) < 4.78 is 0. The van der Waals surface area contributed by atoms with Crippen LogP contribution in [0.1, 0.15) is 28.8 Å². The van der Waals surface area contributed by atoms with Crippen molar-refractivity contribution in [2.24, 2.45) is 5.92 Å². The van der Waals surface area contributed by atoms with Gasteiger partial charge in [0.2, 0.25) is 0 Å². The number of hydrogen-bond donors (Lipinski definition) is 1. The van der Waals surface area contributed by atoms with Gasteiger partial charge in [-0.05, 0) is 36.2 Å². The first-order chi connectivity index (χ1) is 12.7. The molecule has 0 spiro atoms. The van der Waals surface area contributed by atoms with E-state index in [1.807, 2.05) is 48.5 Å². The Morgan fingerprint density at radius 3 is 2.65 bits per heavy atom. The monoisotopic (exact) mass is 345 g/mol. The summed E-state index contributed by atoms with van der Waals surface area (Å²) in [7, 11) is 0. The minimum Gasteiger partial charge on any atom is -0.508 e. The largest absolute Gasteiger partial charge is 0.508 e. The molecular formula is C23H23NO2. The van der Waals surface area contributed by atoms with Crippen LogP contribution in [0.3, 0.4) is 0 Å². The maximum atomic E-state index is 13.2. The number of nitrogens with zero attached hydrogens (tertiary/aromatic N) is 1. The van der Waals surface area contributed by atoms with Gasteiger partial charge in [-0.15, -0.1) is 0 Å². The minimum absolute atomic E-state index is 0.0143. The van der Waals surface area contributed by atoms with Crippen LogP contribution in [0.4, 0.5) is 0 Å². The van der Waals surface area contributed by atoms with E-state index in [0.717, 1.165) is 47.8 Å². The number of likely N-dealkylation sites (tertiary alicyclic amines) is 1. The van der Waals surface area contributed by atoms with Crippen molar-refractivity contribution in [3.63, 3.8) is 0 Å². The van der Waals surface area contributed by atoms with Crippen LogP contribution in [0.2, 0.25) is 0 Å². The second kappa shape index (κ2) is 7.30. The molecule has 0 saturated carbocycles. The van der Waals surface area contributed by atoms with Crippen LogP contribution in [-0.4, -0.2) is 28.9 Å². The lowest BCUT2D eigenvalue weighted by molar-refractivity contribution is 0.0812. The Morgan fingerprint density at radius 1 is 1.00 bits per heavy atom. The Bertz CT molecular complexity index is 929. The normalized spacial score (nSPS) is 18.1. The van der Waals surface area contributed by atoms with Crippen LogP contribution in [0.15, 0.2) is 66.7 Å². The molecule has 1 saturated heterocycles. The van der Waals surface area contributed by atoms with Crippen molar-refractivity contribution in [2.45, 2.75) is 19.4 Å². The quantitative estimate of drug-likeness (QED) is 0.700. The predicted octanol–water partition coefficient (Wildman–Crippen LogP) is 4.64. The van der Waals surface area contributed by atoms with E-state index < -0.39 is 0 Å². The number of phenols is 1. The van der Waals surface area contributed by atoms with Crippen LogP contribution >= 0.6 is 0 Å². The Labute approximate surface area is 153 Å². The molecule has 3 heteroatoms. The highest BCUT2D eigenvalue weighted by molar-refractivity contribution is 6.09. The van der Waals surface area contributed by atoms with Crippen molar-refractivity contribution in [1.29, 1.82) is 0 Å². The first-order valence-corrected chi connectivity index (χ1v) is 9.23. The van der Waals surface area contributed by atoms with E-state index in [0.29, 0.717) is 12.3 Å². The number of aromatic hydroxyl groups is 1. The summed E-state index contributed by atoms with van der Waals surface area (Å²) in [6.45, 7) is 2.40. The SMILES string of the molecule is O=C(c1cccc2ccccc12)C1CCCN(Cc2ccccc2O)C1. The van der Waals surface area contributed by atoms with Crippen LogP contribution in [0.5, 0.6) is 5.75 Å². The van der Waals surface area contributed by atoms with Crippen LogP contribution < -0.4 is 0 Å². The van der Waals surface area contributed by atoms with Gasteiger partial charge >= 0.3 is 0 Å². The zero-order valence-corrected chi connectivity index (χ0v) is 14.8. The smallest absolute Gasteiger partial charge is 0.167 e. The van der Waals surface area contributed by atoms with Gasteiger partial charge in [0.25, 0.3) is 0 Å². The van der Waals surface area contributed by atoms with Crippen LogP contribution in [0, 0.1) is 5.92 Å². The van der Waals surface area contributed by atoms with Gasteiger partial charge in [-0.3, -0.25) is 9.69 Å². The van der Waals surface area contributed by atoms with Gasteiger partial charge in [0, 0.05) is 30.1 Å². The Balaban J connectivity index is 1.54. The van der Waals surface area contributed by atoms with Gasteiger partial charge in [-0.25, -0.2) is 0 Å². The summed E-state index contributed by atoms with van der Waals surface area (Å²) in [5.41, 5.74) is 1.75. The maximum absolute atomic E-state index is 13.2. The zero-order chi connectivity index (χ0) is 17.9. The van der Waals surface area contributed by atoms with Gasteiger partial charge < -0.3 is 5.11 Å². The highest BCUT2D eigenvalue weighted by Crippen LogP contribution is 2.27. The average Bonchev–Trinajstić information content (AvgIpc) is 2.69. The molecule has 0 radical (unpaired) electrons. The number of benzene rings is 3. The van der Waals surface area contributed by atoms with Crippen molar-refractivity contribution in [2.75, 3.05) is 13.1 Å². The molecule has 1 heterocycles. The summed E-state index contributed by atoms with van der Waals surface area (Å²) in [5.74, 6) is 0.583. The van der Waals surface area contributed by atoms with Crippen LogP contribution in [0.25, 0.3) is 10.8 Å². The molecule has 132 valence electrons. The second-order valence-corrected chi connectivity index (χ2v) is 7.09. The summed E-state index contributed by atoms with van der Waals surface area (Å²) in [5, 5.41) is 12.2. The predicted molar refractivity (Wildman–Crippen MR) is 104 cm³/mol. The fourth-order valence-electron chi connectivity index (χ4n) is 3.96. The van der Waals surface area contributed by atoms with Crippen molar-refractivity contribution in [3.8, 4) is 5.75 Å². The van der Waals surface area contributed by atoms with E-state index in [1.54, 1.807) is 6.07 Å². The lowest BCUT2D eigenvalue weighted by Gasteiger charge is -2.32. The third-order valence-corrected chi connectivity index (χ3v) is 5.32. The molecule has 1 fully saturated rings. The molecule has 0 aliphatic carbocycles. The van der Waals surface area contributed by atoms with E-state index >= 15 is 0 Å². The fourth-order valence-corrected chi connectivity index (χ4v) is 3.96. The molecule has 1 atom stereocenters. The average molecular weight is 345 g/mol. The van der Waals surface area contributed by atoms with E-state index in [9.17, 15) is 9.90 Å². The van der Waals surface area contributed by atoms with Gasteiger partial charge in [0.05, 0.1) is 0 Å². The first-order valence-electron chi connectivity index (χ1n) is 9.23. The Kier molecular flexibility index (Phi) is 4.72. The van der Waals surface area contributed by atoms with Gasteiger partial charge in [0.1, 0.15) is 5.75 Å². The number of carbonyl (C=O) groups is 1. The second-order valence-electron chi connectivity index (χ2n) is 7.09. The minimum atomic E-state index is 0.0143. The number of Topliss-reactive ketones (excluding diaryl/α,β-unsaturated/α-hetero) is 1. The van der Waals surface area contributed by atoms with E-state index in [-0.39, 0.29) is 11.7 Å². The molecule has 3 nitrogen and oxygen atoms in total. The van der Waals surface area contributed by atoms with Crippen LogP contribution in [-0.2, 0) is 6.54 Å². The molecule has 26 heavy (non-hydrogen) atoms. The molecular weight excluding hydrogens is 322 g/mol. The molecule has 1 aliphatic heterocycles. The number of carbonyl (C=O) groups excluding carboxylic acids is 1. The number of para-hydroxylation sites is 1. The van der Waals surface area contributed by atoms with Crippen molar-refractivity contribution in [1.82, 2.24) is 4.90 Å². The Morgan fingerprint density at radius 2 is 1.77 bits per heavy atom. The number of piperidine rings is 1. The number of fused-ring (bicyclic) bond motifs is 1. The first kappa shape index (κ1) is 16.8. The van der Waals surface area contributed by atoms with E-state index in [1.165, 1.54) is 0 Å². The van der Waals surface area contributed by atoms with Crippen molar-refractivity contribution in [3.05, 3.63) is 77.9 Å². The molecule has 3 aromatic carbocycles. The highest BCUT2D eigenvalue weighted by Gasteiger charge is 2.27. The maximum Gasteiger partial charge on any atom is 0.167 e. The third kappa shape index (κ3) is 3.35. The lowest BCUT2D eigenvalue weighted by Crippen LogP contribution is -2.38. The van der Waals surface area contributed by atoms with Crippen molar-refractivity contribution >= 4 is 16.6 Å². The third-order valence-electron chi connectivity index (χ3n) is 5.32. The summed E-state index contributed by atoms with van der Waals surface area (Å²) in [4.78, 5) is 15.5. The fraction of sp³-hybridized carbons (Fsp3) is 0.261. The van der Waals surface area contributed by atoms with Crippen molar-refractivity contribution < 1.29 is 9.90 Å². The van der Waals surface area contributed by atoms with Gasteiger partial charge in [-0.2, -0.15) is 0 Å². The standard InChI is InChI=1S/C23H23NO2/c25-22-13-4-2-8-18(22)15-24-14-6-10-19(16-24)23(26)21-12-5-9-17-7-1-3-11-20(17)21/h1-5,7-9,11-13,19,25H,6,10,14-16H2. The van der Waals surface area contributed by atoms with Gasteiger partial charge in [0.15, 0.2) is 5.78 Å². The number of phenolic OH excluding ortho intramolecular Hbond substituents is 1. The highest BCUT2D eigenvalue weighted by atomic mass is 16.3. The number of ketones is 1. The summed E-state index contributed by atoms with van der Waals surface area (Å²) in [6.07, 6.45) is 1.94. The molecule has 4 rings (SSSR count). The summed E-state index contributed by atoms with van der Waals surface area (Å²) >= 11 is 0. The number of hydrogen-bond acceptors (Lipinski definition) is 3. The van der Waals surface area contributed by atoms with E-state index in [2.05, 4.69) is 17.0 Å². The zero-order valence-electron chi connectivity index (χ0n) is 14.8. The topological polar surface area (TPSA) is 40.5 Å². The molecule has 1 N–H and O–H groups in total. The van der Waals surface area contributed by atoms with Gasteiger partial charge in [-0.1, -0.05) is 60.7 Å². The van der Waals surface area contributed by atoms with E-state index in [4.69, 9.17) is 0 Å². The molecule has 0 aromatic heterocycles. The molecule has 0 amide bonds. The molecule has 1 unspecified atom stereocenters. The summed E-state index contributed by atoms with van der Waals surface area (Å²) in [6, 6.07) is 21.5. The lowest BCUT2D eigenvalue weighted by atomic mass is 9.88.